The fraction of sp³-hybridized carbons (Fsp3) is 0.278. The van der Waals surface area contributed by atoms with E-state index in [0.29, 0.717) is 34.2 Å². The number of halogens is 4. The van der Waals surface area contributed by atoms with Crippen LogP contribution in [0.2, 0.25) is 5.02 Å². The Morgan fingerprint density at radius 3 is 2.82 bits per heavy atom. The van der Waals surface area contributed by atoms with Crippen LogP contribution in [0.25, 0.3) is 5.69 Å². The predicted octanol–water partition coefficient (Wildman–Crippen LogP) is 3.77. The number of hydrogen-bond donors (Lipinski definition) is 1. The Balaban J connectivity index is 1.62. The number of rotatable bonds is 2. The molecule has 10 heteroatoms. The number of hydrogen-bond acceptors (Lipinski definition) is 3. The van der Waals surface area contributed by atoms with Gasteiger partial charge in [0.2, 0.25) is 0 Å². The van der Waals surface area contributed by atoms with Crippen molar-refractivity contribution in [1.29, 1.82) is 0 Å². The predicted molar refractivity (Wildman–Crippen MR) is 95.3 cm³/mol. The second kappa shape index (κ2) is 6.66. The minimum absolute atomic E-state index is 0.0204. The van der Waals surface area contributed by atoms with E-state index in [-0.39, 0.29) is 24.4 Å². The number of benzene rings is 1. The van der Waals surface area contributed by atoms with Gasteiger partial charge < -0.3 is 4.90 Å². The molecule has 2 aromatic heterocycles. The molecule has 3 heterocycles. The van der Waals surface area contributed by atoms with Gasteiger partial charge in [0.15, 0.2) is 5.69 Å². The number of nitrogens with zero attached hydrogens (tertiary/aromatic N) is 4. The van der Waals surface area contributed by atoms with E-state index in [0.717, 1.165) is 0 Å². The molecule has 0 saturated carbocycles. The average Bonchev–Trinajstić information content (AvgIpc) is 3.23. The molecule has 0 atom stereocenters. The number of aromatic amines is 1. The zero-order valence-corrected chi connectivity index (χ0v) is 15.5. The van der Waals surface area contributed by atoms with Crippen molar-refractivity contribution in [2.24, 2.45) is 0 Å². The third-order valence-electron chi connectivity index (χ3n) is 4.78. The van der Waals surface area contributed by atoms with E-state index in [2.05, 4.69) is 15.3 Å². The van der Waals surface area contributed by atoms with Crippen molar-refractivity contribution in [1.82, 2.24) is 24.9 Å². The van der Waals surface area contributed by atoms with Crippen LogP contribution in [0.1, 0.15) is 33.0 Å². The van der Waals surface area contributed by atoms with Crippen LogP contribution in [0.4, 0.5) is 13.2 Å². The number of carbonyl (C=O) groups excluding carboxylic acids is 1. The third kappa shape index (κ3) is 3.15. The van der Waals surface area contributed by atoms with Gasteiger partial charge in [-0.2, -0.15) is 23.4 Å². The zero-order chi connectivity index (χ0) is 20.1. The van der Waals surface area contributed by atoms with Crippen molar-refractivity contribution >= 4 is 17.5 Å². The van der Waals surface area contributed by atoms with Gasteiger partial charge in [-0.1, -0.05) is 17.7 Å². The molecule has 0 bridgehead atoms. The Morgan fingerprint density at radius 2 is 2.11 bits per heavy atom. The van der Waals surface area contributed by atoms with Crippen LogP contribution in [-0.2, 0) is 19.1 Å². The average molecular weight is 410 g/mol. The summed E-state index contributed by atoms with van der Waals surface area (Å²) in [5, 5.41) is 10.6. The van der Waals surface area contributed by atoms with Crippen LogP contribution in [0.15, 0.2) is 30.5 Å². The van der Waals surface area contributed by atoms with Crippen LogP contribution in [0.5, 0.6) is 0 Å². The summed E-state index contributed by atoms with van der Waals surface area (Å²) in [5.74, 6) is -0.370. The molecule has 1 aliphatic rings. The molecule has 146 valence electrons. The summed E-state index contributed by atoms with van der Waals surface area (Å²) in [7, 11) is 0. The number of carbonyl (C=O) groups is 1. The van der Waals surface area contributed by atoms with Gasteiger partial charge >= 0.3 is 6.18 Å². The molecule has 1 amide bonds. The zero-order valence-electron chi connectivity index (χ0n) is 14.7. The van der Waals surface area contributed by atoms with Gasteiger partial charge in [0, 0.05) is 35.8 Å². The smallest absolute Gasteiger partial charge is 0.334 e. The highest BCUT2D eigenvalue weighted by Gasteiger charge is 2.40. The van der Waals surface area contributed by atoms with E-state index in [9.17, 15) is 18.0 Å². The van der Waals surface area contributed by atoms with Gasteiger partial charge in [-0.25, -0.2) is 4.68 Å². The van der Waals surface area contributed by atoms with Gasteiger partial charge in [-0.15, -0.1) is 0 Å². The molecule has 0 aliphatic carbocycles. The standard InChI is InChI=1S/C18H15ClF3N5O/c1-10-13(8-23-27(10)12-4-2-3-11(19)7-12)17(28)26-6-5-15-14(9-26)16(25-24-15)18(20,21)22/h2-4,7-8H,5-6,9H2,1H3,(H,24,25). The fourth-order valence-electron chi connectivity index (χ4n) is 3.36. The summed E-state index contributed by atoms with van der Waals surface area (Å²) in [4.78, 5) is 14.3. The minimum atomic E-state index is -4.57. The SMILES string of the molecule is Cc1c(C(=O)N2CCc3[nH]nc(C(F)(F)F)c3C2)cnn1-c1cccc(Cl)c1. The monoisotopic (exact) mass is 409 g/mol. The Hall–Kier alpha value is -2.81. The first-order valence-corrected chi connectivity index (χ1v) is 8.86. The first-order chi connectivity index (χ1) is 13.3. The van der Waals surface area contributed by atoms with Gasteiger partial charge in [0.1, 0.15) is 0 Å². The summed E-state index contributed by atoms with van der Waals surface area (Å²) < 4.78 is 41.0. The summed E-state index contributed by atoms with van der Waals surface area (Å²) in [5.41, 5.74) is 1.09. The third-order valence-corrected chi connectivity index (χ3v) is 5.02. The summed E-state index contributed by atoms with van der Waals surface area (Å²) in [6.07, 6.45) is -2.86. The van der Waals surface area contributed by atoms with Crippen LogP contribution >= 0.6 is 11.6 Å². The molecule has 0 fully saturated rings. The number of alkyl halides is 3. The van der Waals surface area contributed by atoms with E-state index in [1.54, 1.807) is 35.9 Å². The second-order valence-electron chi connectivity index (χ2n) is 6.54. The second-order valence-corrected chi connectivity index (χ2v) is 6.98. The summed E-state index contributed by atoms with van der Waals surface area (Å²) >= 11 is 6.01. The maximum Gasteiger partial charge on any atom is 0.435 e. The van der Waals surface area contributed by atoms with Gasteiger partial charge in [-0.05, 0) is 25.1 Å². The number of fused-ring (bicyclic) bond motifs is 1. The van der Waals surface area contributed by atoms with E-state index in [1.807, 2.05) is 0 Å². The Kier molecular flexibility index (Phi) is 4.41. The van der Waals surface area contributed by atoms with Gasteiger partial charge in [-0.3, -0.25) is 9.89 Å². The van der Waals surface area contributed by atoms with E-state index >= 15 is 0 Å². The van der Waals surface area contributed by atoms with Crippen molar-refractivity contribution in [3.8, 4) is 5.69 Å². The molecule has 0 saturated heterocycles. The maximum absolute atomic E-state index is 13.1. The molecule has 1 aliphatic heterocycles. The van der Waals surface area contributed by atoms with Crippen LogP contribution in [-0.4, -0.2) is 37.3 Å². The molecule has 4 rings (SSSR count). The molecular formula is C18H15ClF3N5O. The fourth-order valence-corrected chi connectivity index (χ4v) is 3.55. The lowest BCUT2D eigenvalue weighted by molar-refractivity contribution is -0.142. The van der Waals surface area contributed by atoms with Crippen LogP contribution in [0.3, 0.4) is 0 Å². The molecule has 0 radical (unpaired) electrons. The Bertz CT molecular complexity index is 1060. The molecule has 1 N–H and O–H groups in total. The molecular weight excluding hydrogens is 395 g/mol. The first kappa shape index (κ1) is 18.5. The lowest BCUT2D eigenvalue weighted by Gasteiger charge is -2.27. The normalized spacial score (nSPS) is 14.2. The maximum atomic E-state index is 13.1. The van der Waals surface area contributed by atoms with Crippen LogP contribution < -0.4 is 0 Å². The largest absolute Gasteiger partial charge is 0.435 e. The highest BCUT2D eigenvalue weighted by Crippen LogP contribution is 2.34. The topological polar surface area (TPSA) is 66.8 Å². The van der Waals surface area contributed by atoms with Crippen molar-refractivity contribution in [2.75, 3.05) is 6.54 Å². The number of nitrogens with one attached hydrogen (secondary N) is 1. The molecule has 0 unspecified atom stereocenters. The van der Waals surface area contributed by atoms with E-state index in [1.165, 1.54) is 11.1 Å². The van der Waals surface area contributed by atoms with Crippen molar-refractivity contribution in [3.05, 3.63) is 63.7 Å². The van der Waals surface area contributed by atoms with Crippen molar-refractivity contribution in [3.63, 3.8) is 0 Å². The molecule has 6 nitrogen and oxygen atoms in total. The molecule has 28 heavy (non-hydrogen) atoms. The lowest BCUT2D eigenvalue weighted by Crippen LogP contribution is -2.36. The first-order valence-electron chi connectivity index (χ1n) is 8.49. The van der Waals surface area contributed by atoms with Crippen molar-refractivity contribution in [2.45, 2.75) is 26.1 Å². The summed E-state index contributed by atoms with van der Waals surface area (Å²) in [6.45, 7) is 1.88. The molecule has 1 aromatic carbocycles. The van der Waals surface area contributed by atoms with Crippen molar-refractivity contribution < 1.29 is 18.0 Å². The Labute approximate surface area is 162 Å². The number of H-pyrrole nitrogens is 1. The Morgan fingerprint density at radius 1 is 1.32 bits per heavy atom. The van der Waals surface area contributed by atoms with E-state index in [4.69, 9.17) is 11.6 Å². The minimum Gasteiger partial charge on any atom is -0.334 e. The van der Waals surface area contributed by atoms with Crippen LogP contribution in [0, 0.1) is 6.92 Å². The highest BCUT2D eigenvalue weighted by atomic mass is 35.5. The lowest BCUT2D eigenvalue weighted by atomic mass is 10.0. The summed E-state index contributed by atoms with van der Waals surface area (Å²) in [6, 6.07) is 7.01. The molecule has 3 aromatic rings. The van der Waals surface area contributed by atoms with Gasteiger partial charge in [0.05, 0.1) is 23.1 Å². The van der Waals surface area contributed by atoms with Gasteiger partial charge in [0.25, 0.3) is 5.91 Å². The van der Waals surface area contributed by atoms with E-state index < -0.39 is 11.9 Å². The molecule has 0 spiro atoms. The number of amides is 1. The number of aromatic nitrogens is 4. The quantitative estimate of drug-likeness (QED) is 0.700. The highest BCUT2D eigenvalue weighted by molar-refractivity contribution is 6.30.